The first-order valence-corrected chi connectivity index (χ1v) is 6.23. The van der Waals surface area contributed by atoms with Crippen molar-refractivity contribution in [3.63, 3.8) is 0 Å². The summed E-state index contributed by atoms with van der Waals surface area (Å²) >= 11 is 9.18. The Bertz CT molecular complexity index is 587. The molecule has 1 aromatic carbocycles. The molecule has 0 amide bonds. The Morgan fingerprint density at radius 3 is 2.53 bits per heavy atom. The number of hydrogen-bond donors (Lipinski definition) is 0. The zero-order valence-corrected chi connectivity index (χ0v) is 11.7. The van der Waals surface area contributed by atoms with Gasteiger partial charge in [-0.15, -0.1) is 0 Å². The molecule has 0 fully saturated rings. The first-order chi connectivity index (χ1) is 7.99. The maximum atomic E-state index is 12.2. The van der Waals surface area contributed by atoms with Crippen molar-refractivity contribution < 1.29 is 9.21 Å². The molecule has 1 aromatic heterocycles. The van der Waals surface area contributed by atoms with E-state index in [2.05, 4.69) is 15.9 Å². The van der Waals surface area contributed by atoms with Gasteiger partial charge in [-0.1, -0.05) is 11.6 Å². The average molecular weight is 314 g/mol. The molecule has 2 aromatic rings. The van der Waals surface area contributed by atoms with E-state index < -0.39 is 0 Å². The van der Waals surface area contributed by atoms with Crippen molar-refractivity contribution in [1.82, 2.24) is 0 Å². The summed E-state index contributed by atoms with van der Waals surface area (Å²) in [5.74, 6) is 0.190. The van der Waals surface area contributed by atoms with Gasteiger partial charge in [0.25, 0.3) is 0 Å². The fourth-order valence-corrected chi connectivity index (χ4v) is 2.12. The molecule has 4 heteroatoms. The molecule has 0 saturated heterocycles. The van der Waals surface area contributed by atoms with Crippen LogP contribution in [0.4, 0.5) is 0 Å². The minimum Gasteiger partial charge on any atom is -0.446 e. The Morgan fingerprint density at radius 2 is 1.94 bits per heavy atom. The molecule has 0 aliphatic rings. The molecule has 2 nitrogen and oxygen atoms in total. The second-order valence-electron chi connectivity index (χ2n) is 3.85. The van der Waals surface area contributed by atoms with Crippen LogP contribution >= 0.6 is 27.5 Å². The molecule has 0 N–H and O–H groups in total. The third-order valence-corrected chi connectivity index (χ3v) is 3.38. The van der Waals surface area contributed by atoms with Crippen molar-refractivity contribution in [1.29, 1.82) is 0 Å². The van der Waals surface area contributed by atoms with E-state index in [1.165, 1.54) is 0 Å². The van der Waals surface area contributed by atoms with Gasteiger partial charge in [-0.25, -0.2) is 0 Å². The minimum absolute atomic E-state index is 0.132. The van der Waals surface area contributed by atoms with E-state index in [1.807, 2.05) is 13.8 Å². The number of carbonyl (C=O) groups is 1. The molecule has 88 valence electrons. The van der Waals surface area contributed by atoms with Crippen molar-refractivity contribution in [2.75, 3.05) is 0 Å². The monoisotopic (exact) mass is 312 g/mol. The first-order valence-electron chi connectivity index (χ1n) is 5.06. The molecule has 0 saturated carbocycles. The van der Waals surface area contributed by atoms with Crippen LogP contribution in [0.5, 0.6) is 0 Å². The highest BCUT2D eigenvalue weighted by Gasteiger charge is 2.16. The van der Waals surface area contributed by atoms with Crippen molar-refractivity contribution in [3.8, 4) is 0 Å². The molecule has 0 bridgehead atoms. The van der Waals surface area contributed by atoms with E-state index in [4.69, 9.17) is 16.0 Å². The summed E-state index contributed by atoms with van der Waals surface area (Å²) in [7, 11) is 0. The molecule has 0 radical (unpaired) electrons. The summed E-state index contributed by atoms with van der Waals surface area (Å²) in [6.07, 6.45) is 0. The molecule has 1 heterocycles. The van der Waals surface area contributed by atoms with E-state index in [1.54, 1.807) is 24.3 Å². The highest BCUT2D eigenvalue weighted by molar-refractivity contribution is 9.10. The Labute approximate surface area is 113 Å². The van der Waals surface area contributed by atoms with Gasteiger partial charge < -0.3 is 4.42 Å². The Balaban J connectivity index is 2.47. The van der Waals surface area contributed by atoms with Crippen LogP contribution in [0, 0.1) is 13.8 Å². The molecule has 0 aliphatic heterocycles. The summed E-state index contributed by atoms with van der Waals surface area (Å²) in [5.41, 5.74) is 2.35. The lowest BCUT2D eigenvalue weighted by atomic mass is 10.0. The summed E-state index contributed by atoms with van der Waals surface area (Å²) in [5, 5.41) is 0.666. The fourth-order valence-electron chi connectivity index (χ4n) is 1.59. The molecule has 0 atom stereocenters. The number of furan rings is 1. The maximum absolute atomic E-state index is 12.2. The number of ketones is 1. The topological polar surface area (TPSA) is 30.2 Å². The summed E-state index contributed by atoms with van der Waals surface area (Å²) in [6, 6.07) is 6.93. The second-order valence-corrected chi connectivity index (χ2v) is 5.04. The van der Waals surface area contributed by atoms with Crippen LogP contribution in [0.15, 0.2) is 33.4 Å². The van der Waals surface area contributed by atoms with Crippen molar-refractivity contribution in [2.24, 2.45) is 0 Å². The maximum Gasteiger partial charge on any atom is 0.228 e. The predicted octanol–water partition coefficient (Wildman–Crippen LogP) is 4.54. The molecule has 0 unspecified atom stereocenters. The molecular weight excluding hydrogens is 303 g/mol. The van der Waals surface area contributed by atoms with E-state index in [-0.39, 0.29) is 5.78 Å². The molecule has 2 rings (SSSR count). The van der Waals surface area contributed by atoms with Crippen LogP contribution in [-0.4, -0.2) is 5.78 Å². The van der Waals surface area contributed by atoms with Gasteiger partial charge in [0.15, 0.2) is 10.4 Å². The number of rotatable bonds is 2. The number of benzene rings is 1. The molecule has 0 aliphatic carbocycles. The number of carbonyl (C=O) groups excluding carboxylic acids is 1. The van der Waals surface area contributed by atoms with Gasteiger partial charge in [0.05, 0.1) is 0 Å². The first kappa shape index (κ1) is 12.4. The minimum atomic E-state index is -0.132. The molecular formula is C13H10BrClO2. The third kappa shape index (κ3) is 2.45. The number of hydrogen-bond acceptors (Lipinski definition) is 2. The predicted molar refractivity (Wildman–Crippen MR) is 70.8 cm³/mol. The van der Waals surface area contributed by atoms with Gasteiger partial charge in [0.2, 0.25) is 5.78 Å². The van der Waals surface area contributed by atoms with Crippen LogP contribution in [0.3, 0.4) is 0 Å². The normalized spacial score (nSPS) is 10.6. The van der Waals surface area contributed by atoms with Crippen LogP contribution in [0.1, 0.15) is 27.2 Å². The van der Waals surface area contributed by atoms with Gasteiger partial charge in [-0.05, 0) is 65.2 Å². The summed E-state index contributed by atoms with van der Waals surface area (Å²) in [4.78, 5) is 12.2. The SMILES string of the molecule is Cc1cc(C(=O)c2ccc(Br)o2)c(C)cc1Cl. The zero-order valence-electron chi connectivity index (χ0n) is 9.38. The lowest BCUT2D eigenvalue weighted by molar-refractivity contribution is 0.101. The van der Waals surface area contributed by atoms with Crippen LogP contribution in [0.25, 0.3) is 0 Å². The lowest BCUT2D eigenvalue weighted by Gasteiger charge is -2.06. The Kier molecular flexibility index (Phi) is 3.40. The third-order valence-electron chi connectivity index (χ3n) is 2.55. The molecule has 17 heavy (non-hydrogen) atoms. The van der Waals surface area contributed by atoms with E-state index in [9.17, 15) is 4.79 Å². The van der Waals surface area contributed by atoms with Crippen LogP contribution in [-0.2, 0) is 0 Å². The largest absolute Gasteiger partial charge is 0.446 e. The van der Waals surface area contributed by atoms with E-state index in [0.717, 1.165) is 11.1 Å². The van der Waals surface area contributed by atoms with Crippen LogP contribution in [0.2, 0.25) is 5.02 Å². The van der Waals surface area contributed by atoms with Gasteiger partial charge in [-0.2, -0.15) is 0 Å². The zero-order chi connectivity index (χ0) is 12.6. The lowest BCUT2D eigenvalue weighted by Crippen LogP contribution is -2.03. The quantitative estimate of drug-likeness (QED) is 0.762. The van der Waals surface area contributed by atoms with E-state index in [0.29, 0.717) is 21.0 Å². The van der Waals surface area contributed by atoms with Crippen molar-refractivity contribution in [2.45, 2.75) is 13.8 Å². The number of halogens is 2. The standard InChI is InChI=1S/C13H10BrClO2/c1-7-6-10(15)8(2)5-9(7)13(16)11-3-4-12(14)17-11/h3-6H,1-2H3. The van der Waals surface area contributed by atoms with E-state index >= 15 is 0 Å². The van der Waals surface area contributed by atoms with Gasteiger partial charge in [-0.3, -0.25) is 4.79 Å². The fraction of sp³-hybridized carbons (Fsp3) is 0.154. The average Bonchev–Trinajstić information content (AvgIpc) is 2.69. The van der Waals surface area contributed by atoms with Gasteiger partial charge >= 0.3 is 0 Å². The Morgan fingerprint density at radius 1 is 1.24 bits per heavy atom. The number of aryl methyl sites for hydroxylation is 2. The van der Waals surface area contributed by atoms with Gasteiger partial charge in [0, 0.05) is 10.6 Å². The highest BCUT2D eigenvalue weighted by Crippen LogP contribution is 2.24. The smallest absolute Gasteiger partial charge is 0.228 e. The highest BCUT2D eigenvalue weighted by atomic mass is 79.9. The summed E-state index contributed by atoms with van der Waals surface area (Å²) in [6.45, 7) is 3.73. The second kappa shape index (κ2) is 4.67. The van der Waals surface area contributed by atoms with Crippen molar-refractivity contribution >= 4 is 33.3 Å². The van der Waals surface area contributed by atoms with Crippen molar-refractivity contribution in [3.05, 3.63) is 56.4 Å². The summed E-state index contributed by atoms with van der Waals surface area (Å²) < 4.78 is 5.80. The van der Waals surface area contributed by atoms with Crippen LogP contribution < -0.4 is 0 Å². The Hall–Kier alpha value is -1.06. The molecule has 0 spiro atoms. The van der Waals surface area contributed by atoms with Gasteiger partial charge in [0.1, 0.15) is 0 Å².